The van der Waals surface area contributed by atoms with Crippen LogP contribution in [-0.2, 0) is 0 Å². The predicted molar refractivity (Wildman–Crippen MR) is 68.7 cm³/mol. The third-order valence-corrected chi connectivity index (χ3v) is 3.00. The molecule has 2 nitrogen and oxygen atoms in total. The van der Waals surface area contributed by atoms with E-state index in [2.05, 4.69) is 32.2 Å². The SMILES string of the molecule is CCC(Nc1ccc(C#N)cc1Cl)C(C)C. The first-order chi connectivity index (χ1) is 7.58. The number of anilines is 1. The predicted octanol–water partition coefficient (Wildman–Crippen LogP) is 4.06. The van der Waals surface area contributed by atoms with Crippen molar-refractivity contribution < 1.29 is 0 Å². The molecule has 1 atom stereocenters. The van der Waals surface area contributed by atoms with Crippen LogP contribution in [0.1, 0.15) is 32.8 Å². The van der Waals surface area contributed by atoms with Gasteiger partial charge in [0.2, 0.25) is 0 Å². The van der Waals surface area contributed by atoms with Crippen molar-refractivity contribution in [2.24, 2.45) is 5.92 Å². The van der Waals surface area contributed by atoms with Crippen molar-refractivity contribution >= 4 is 17.3 Å². The van der Waals surface area contributed by atoms with Crippen molar-refractivity contribution in [1.82, 2.24) is 0 Å². The number of hydrogen-bond acceptors (Lipinski definition) is 2. The van der Waals surface area contributed by atoms with Gasteiger partial charge in [0.05, 0.1) is 22.3 Å². The minimum atomic E-state index is 0.408. The number of halogens is 1. The molecule has 0 aliphatic heterocycles. The van der Waals surface area contributed by atoms with E-state index in [0.29, 0.717) is 22.5 Å². The van der Waals surface area contributed by atoms with Gasteiger partial charge in [0.15, 0.2) is 0 Å². The summed E-state index contributed by atoms with van der Waals surface area (Å²) in [7, 11) is 0. The molecular formula is C13H17ClN2. The molecule has 0 aromatic heterocycles. The number of hydrogen-bond donors (Lipinski definition) is 1. The lowest BCUT2D eigenvalue weighted by Gasteiger charge is -2.22. The van der Waals surface area contributed by atoms with Crippen LogP contribution in [-0.4, -0.2) is 6.04 Å². The minimum absolute atomic E-state index is 0.408. The molecular weight excluding hydrogens is 220 g/mol. The Hall–Kier alpha value is -1.20. The Morgan fingerprint density at radius 3 is 2.56 bits per heavy atom. The Balaban J connectivity index is 2.86. The first-order valence-electron chi connectivity index (χ1n) is 5.54. The first kappa shape index (κ1) is 12.9. The molecule has 1 aromatic carbocycles. The van der Waals surface area contributed by atoms with E-state index in [1.165, 1.54) is 0 Å². The Kier molecular flexibility index (Phi) is 4.64. The fourth-order valence-corrected chi connectivity index (χ4v) is 1.88. The van der Waals surface area contributed by atoms with Crippen molar-refractivity contribution in [2.45, 2.75) is 33.2 Å². The fraction of sp³-hybridized carbons (Fsp3) is 0.462. The highest BCUT2D eigenvalue weighted by Crippen LogP contribution is 2.25. The lowest BCUT2D eigenvalue weighted by molar-refractivity contribution is 0.511. The first-order valence-corrected chi connectivity index (χ1v) is 5.92. The maximum absolute atomic E-state index is 8.74. The van der Waals surface area contributed by atoms with Crippen LogP contribution in [0.3, 0.4) is 0 Å². The molecule has 0 saturated heterocycles. The quantitative estimate of drug-likeness (QED) is 0.856. The van der Waals surface area contributed by atoms with E-state index < -0.39 is 0 Å². The zero-order valence-electron chi connectivity index (χ0n) is 9.92. The van der Waals surface area contributed by atoms with E-state index >= 15 is 0 Å². The molecule has 0 amide bonds. The van der Waals surface area contributed by atoms with Crippen molar-refractivity contribution in [3.8, 4) is 6.07 Å². The summed E-state index contributed by atoms with van der Waals surface area (Å²) in [6.45, 7) is 6.51. The molecule has 0 heterocycles. The summed E-state index contributed by atoms with van der Waals surface area (Å²) in [6.07, 6.45) is 1.05. The molecule has 16 heavy (non-hydrogen) atoms. The van der Waals surface area contributed by atoms with Crippen LogP contribution in [0.4, 0.5) is 5.69 Å². The van der Waals surface area contributed by atoms with Crippen molar-refractivity contribution in [1.29, 1.82) is 5.26 Å². The van der Waals surface area contributed by atoms with E-state index in [1.807, 2.05) is 6.07 Å². The highest BCUT2D eigenvalue weighted by molar-refractivity contribution is 6.33. The number of nitrogens with zero attached hydrogens (tertiary/aromatic N) is 1. The zero-order chi connectivity index (χ0) is 12.1. The average molecular weight is 237 g/mol. The average Bonchev–Trinajstić information content (AvgIpc) is 2.26. The van der Waals surface area contributed by atoms with Gasteiger partial charge < -0.3 is 5.32 Å². The maximum atomic E-state index is 8.74. The topological polar surface area (TPSA) is 35.8 Å². The van der Waals surface area contributed by atoms with E-state index in [1.54, 1.807) is 12.1 Å². The van der Waals surface area contributed by atoms with Gasteiger partial charge in [-0.05, 0) is 30.5 Å². The number of nitrogens with one attached hydrogen (secondary N) is 1. The molecule has 1 aromatic rings. The molecule has 1 N–H and O–H groups in total. The summed E-state index contributed by atoms with van der Waals surface area (Å²) in [5.41, 5.74) is 1.49. The number of rotatable bonds is 4. The van der Waals surface area contributed by atoms with Gasteiger partial charge in [0.1, 0.15) is 0 Å². The summed E-state index contributed by atoms with van der Waals surface area (Å²) in [5, 5.41) is 12.8. The summed E-state index contributed by atoms with van der Waals surface area (Å²) in [5.74, 6) is 0.553. The second-order valence-electron chi connectivity index (χ2n) is 4.21. The number of nitriles is 1. The van der Waals surface area contributed by atoms with Gasteiger partial charge >= 0.3 is 0 Å². The third-order valence-electron chi connectivity index (χ3n) is 2.68. The smallest absolute Gasteiger partial charge is 0.0992 e. The molecule has 1 unspecified atom stereocenters. The Morgan fingerprint density at radius 2 is 2.12 bits per heavy atom. The van der Waals surface area contributed by atoms with Gasteiger partial charge in [-0.1, -0.05) is 32.4 Å². The lowest BCUT2D eigenvalue weighted by Crippen LogP contribution is -2.24. The zero-order valence-corrected chi connectivity index (χ0v) is 10.7. The summed E-state index contributed by atoms with van der Waals surface area (Å²) >= 11 is 6.10. The number of benzene rings is 1. The molecule has 86 valence electrons. The molecule has 0 spiro atoms. The van der Waals surface area contributed by atoms with E-state index in [0.717, 1.165) is 12.1 Å². The van der Waals surface area contributed by atoms with E-state index in [9.17, 15) is 0 Å². The van der Waals surface area contributed by atoms with Crippen molar-refractivity contribution in [2.75, 3.05) is 5.32 Å². The van der Waals surface area contributed by atoms with E-state index in [4.69, 9.17) is 16.9 Å². The normalized spacial score (nSPS) is 12.2. The molecule has 0 fully saturated rings. The Labute approximate surface area is 102 Å². The molecule has 0 radical (unpaired) electrons. The highest BCUT2D eigenvalue weighted by atomic mass is 35.5. The van der Waals surface area contributed by atoms with Crippen molar-refractivity contribution in [3.05, 3.63) is 28.8 Å². The monoisotopic (exact) mass is 236 g/mol. The van der Waals surface area contributed by atoms with Gasteiger partial charge in [-0.2, -0.15) is 5.26 Å². The fourth-order valence-electron chi connectivity index (χ4n) is 1.64. The lowest BCUT2D eigenvalue weighted by atomic mass is 10.0. The molecule has 1 rings (SSSR count). The van der Waals surface area contributed by atoms with Crippen LogP contribution in [0.2, 0.25) is 5.02 Å². The highest BCUT2D eigenvalue weighted by Gasteiger charge is 2.12. The van der Waals surface area contributed by atoms with E-state index in [-0.39, 0.29) is 0 Å². The molecule has 0 aliphatic carbocycles. The van der Waals surface area contributed by atoms with Gasteiger partial charge in [0.25, 0.3) is 0 Å². The van der Waals surface area contributed by atoms with Crippen LogP contribution < -0.4 is 5.32 Å². The largest absolute Gasteiger partial charge is 0.381 e. The van der Waals surface area contributed by atoms with Crippen LogP contribution in [0.25, 0.3) is 0 Å². The minimum Gasteiger partial charge on any atom is -0.381 e. The summed E-state index contributed by atoms with van der Waals surface area (Å²) in [6, 6.07) is 7.82. The van der Waals surface area contributed by atoms with Crippen LogP contribution in [0, 0.1) is 17.2 Å². The Morgan fingerprint density at radius 1 is 1.44 bits per heavy atom. The van der Waals surface area contributed by atoms with Crippen molar-refractivity contribution in [3.63, 3.8) is 0 Å². The molecule has 0 saturated carbocycles. The van der Waals surface area contributed by atoms with Gasteiger partial charge in [-0.3, -0.25) is 0 Å². The van der Waals surface area contributed by atoms with Crippen LogP contribution in [0.5, 0.6) is 0 Å². The molecule has 0 bridgehead atoms. The summed E-state index contributed by atoms with van der Waals surface area (Å²) in [4.78, 5) is 0. The maximum Gasteiger partial charge on any atom is 0.0992 e. The van der Waals surface area contributed by atoms with Crippen LogP contribution in [0.15, 0.2) is 18.2 Å². The molecule has 3 heteroatoms. The van der Waals surface area contributed by atoms with Gasteiger partial charge in [0, 0.05) is 6.04 Å². The Bertz CT molecular complexity index is 393. The third kappa shape index (κ3) is 3.15. The standard InChI is InChI=1S/C13H17ClN2/c1-4-12(9(2)3)16-13-6-5-10(8-15)7-11(13)14/h5-7,9,12,16H,4H2,1-3H3. The van der Waals surface area contributed by atoms with Gasteiger partial charge in [-0.25, -0.2) is 0 Å². The van der Waals surface area contributed by atoms with Crippen LogP contribution >= 0.6 is 11.6 Å². The summed E-state index contributed by atoms with van der Waals surface area (Å²) < 4.78 is 0. The van der Waals surface area contributed by atoms with Gasteiger partial charge in [-0.15, -0.1) is 0 Å². The molecule has 0 aliphatic rings. The second-order valence-corrected chi connectivity index (χ2v) is 4.62. The second kappa shape index (κ2) is 5.77.